The fourth-order valence-electron chi connectivity index (χ4n) is 3.19. The maximum absolute atomic E-state index is 12.8. The number of hydrogen-bond donors (Lipinski definition) is 1. The van der Waals surface area contributed by atoms with Crippen LogP contribution in [-0.2, 0) is 14.8 Å². The van der Waals surface area contributed by atoms with Crippen LogP contribution in [0.3, 0.4) is 0 Å². The zero-order chi connectivity index (χ0) is 17.7. The summed E-state index contributed by atoms with van der Waals surface area (Å²) in [5, 5.41) is 3.07. The van der Waals surface area contributed by atoms with E-state index in [1.165, 1.54) is 4.31 Å². The lowest BCUT2D eigenvalue weighted by Crippen LogP contribution is -2.41. The number of carbonyl (C=O) groups excluding carboxylic acids is 1. The minimum Gasteiger partial charge on any atom is -0.353 e. The molecule has 134 valence electrons. The Balaban J connectivity index is 2.26. The number of aromatic nitrogens is 1. The topological polar surface area (TPSA) is 79.4 Å². The first-order valence-electron chi connectivity index (χ1n) is 8.61. The largest absolute Gasteiger partial charge is 0.353 e. The van der Waals surface area contributed by atoms with Crippen LogP contribution in [-0.4, -0.2) is 48.5 Å². The van der Waals surface area contributed by atoms with Crippen molar-refractivity contribution in [3.05, 3.63) is 30.1 Å². The second-order valence-electron chi connectivity index (χ2n) is 6.23. The van der Waals surface area contributed by atoms with Gasteiger partial charge in [0.05, 0.1) is 11.7 Å². The van der Waals surface area contributed by atoms with Crippen LogP contribution in [0.2, 0.25) is 0 Å². The predicted octanol–water partition coefficient (Wildman–Crippen LogP) is 1.75. The van der Waals surface area contributed by atoms with Crippen molar-refractivity contribution >= 4 is 15.9 Å². The fourth-order valence-corrected chi connectivity index (χ4v) is 4.33. The monoisotopic (exact) mass is 353 g/mol. The molecule has 1 aromatic heterocycles. The van der Waals surface area contributed by atoms with E-state index >= 15 is 0 Å². The molecule has 1 amide bonds. The van der Waals surface area contributed by atoms with Gasteiger partial charge in [-0.25, -0.2) is 12.7 Å². The minimum atomic E-state index is -3.31. The lowest BCUT2D eigenvalue weighted by Gasteiger charge is -2.22. The van der Waals surface area contributed by atoms with Gasteiger partial charge in [-0.15, -0.1) is 0 Å². The van der Waals surface area contributed by atoms with E-state index in [4.69, 9.17) is 0 Å². The van der Waals surface area contributed by atoms with Gasteiger partial charge < -0.3 is 5.32 Å². The summed E-state index contributed by atoms with van der Waals surface area (Å²) in [5.41, 5.74) is 0.962. The molecule has 6 nitrogen and oxygen atoms in total. The van der Waals surface area contributed by atoms with Gasteiger partial charge in [0, 0.05) is 37.4 Å². The van der Waals surface area contributed by atoms with Crippen LogP contribution in [0.5, 0.6) is 0 Å². The molecule has 0 aromatic carbocycles. The lowest BCUT2D eigenvalue weighted by molar-refractivity contribution is -0.125. The summed E-state index contributed by atoms with van der Waals surface area (Å²) in [6, 6.07) is 3.86. The molecule has 1 aromatic rings. The summed E-state index contributed by atoms with van der Waals surface area (Å²) in [4.78, 5) is 16.8. The molecule has 0 spiro atoms. The van der Waals surface area contributed by atoms with Gasteiger partial charge in [-0.05, 0) is 37.5 Å². The van der Waals surface area contributed by atoms with Gasteiger partial charge in [0.25, 0.3) is 0 Å². The summed E-state index contributed by atoms with van der Waals surface area (Å²) >= 11 is 0. The zero-order valence-corrected chi connectivity index (χ0v) is 15.4. The smallest absolute Gasteiger partial charge is 0.225 e. The lowest BCUT2D eigenvalue weighted by atomic mass is 9.88. The first kappa shape index (κ1) is 18.9. The molecule has 1 N–H and O–H groups in total. The van der Waals surface area contributed by atoms with E-state index < -0.39 is 10.0 Å². The highest BCUT2D eigenvalue weighted by atomic mass is 32.2. The Morgan fingerprint density at radius 3 is 2.42 bits per heavy atom. The van der Waals surface area contributed by atoms with Crippen LogP contribution in [0.1, 0.15) is 45.1 Å². The second kappa shape index (κ2) is 8.07. The normalized spacial score (nSPS) is 22.0. The number of rotatable bonds is 7. The second-order valence-corrected chi connectivity index (χ2v) is 8.49. The molecule has 0 saturated carbocycles. The highest BCUT2D eigenvalue weighted by molar-refractivity contribution is 7.89. The van der Waals surface area contributed by atoms with Crippen molar-refractivity contribution in [3.8, 4) is 0 Å². The molecule has 2 atom stereocenters. The number of hydrogen-bond acceptors (Lipinski definition) is 4. The van der Waals surface area contributed by atoms with E-state index in [0.717, 1.165) is 18.4 Å². The van der Waals surface area contributed by atoms with Crippen LogP contribution in [0.15, 0.2) is 24.5 Å². The number of carbonyl (C=O) groups is 1. The molecular weight excluding hydrogens is 326 g/mol. The molecule has 1 aliphatic rings. The average Bonchev–Trinajstić information content (AvgIpc) is 3.06. The number of sulfonamides is 1. The first-order valence-corrected chi connectivity index (χ1v) is 10.2. The number of pyridine rings is 1. The quantitative estimate of drug-likeness (QED) is 0.810. The van der Waals surface area contributed by atoms with Gasteiger partial charge in [0.1, 0.15) is 0 Å². The maximum Gasteiger partial charge on any atom is 0.225 e. The third kappa shape index (κ3) is 4.13. The predicted molar refractivity (Wildman–Crippen MR) is 94.0 cm³/mol. The number of nitrogens with one attached hydrogen (secondary N) is 1. The minimum absolute atomic E-state index is 0.0525. The molecule has 24 heavy (non-hydrogen) atoms. The van der Waals surface area contributed by atoms with Crippen molar-refractivity contribution in [3.63, 3.8) is 0 Å². The molecule has 1 aliphatic heterocycles. The summed E-state index contributed by atoms with van der Waals surface area (Å²) < 4.78 is 26.0. The van der Waals surface area contributed by atoms with Crippen LogP contribution < -0.4 is 5.32 Å². The van der Waals surface area contributed by atoms with Crippen molar-refractivity contribution < 1.29 is 13.2 Å². The maximum atomic E-state index is 12.8. The zero-order valence-electron chi connectivity index (χ0n) is 14.6. The van der Waals surface area contributed by atoms with Gasteiger partial charge in [-0.1, -0.05) is 13.8 Å². The van der Waals surface area contributed by atoms with Gasteiger partial charge >= 0.3 is 0 Å². The third-order valence-electron chi connectivity index (χ3n) is 4.85. The summed E-state index contributed by atoms with van der Waals surface area (Å²) in [5.74, 6) is -0.506. The van der Waals surface area contributed by atoms with Crippen molar-refractivity contribution in [2.45, 2.75) is 45.6 Å². The Kier molecular flexibility index (Phi) is 6.34. The summed E-state index contributed by atoms with van der Waals surface area (Å²) in [6.07, 6.45) is 5.10. The molecule has 2 rings (SSSR count). The Morgan fingerprint density at radius 1 is 1.25 bits per heavy atom. The van der Waals surface area contributed by atoms with Gasteiger partial charge in [-0.2, -0.15) is 0 Å². The molecule has 0 bridgehead atoms. The Labute approximate surface area is 144 Å². The van der Waals surface area contributed by atoms with Crippen LogP contribution in [0.4, 0.5) is 0 Å². The molecule has 2 heterocycles. The van der Waals surface area contributed by atoms with Crippen molar-refractivity contribution in [2.24, 2.45) is 5.92 Å². The van der Waals surface area contributed by atoms with E-state index in [1.54, 1.807) is 19.3 Å². The SMILES string of the molecule is CCC(CC)NC(=O)[C@@H]1CN(S(=O)(=O)CC)C[C@H]1c1ccncc1. The molecule has 0 aliphatic carbocycles. The fraction of sp³-hybridized carbons (Fsp3) is 0.647. The van der Waals surface area contributed by atoms with Crippen LogP contribution in [0.25, 0.3) is 0 Å². The Morgan fingerprint density at radius 2 is 1.88 bits per heavy atom. The van der Waals surface area contributed by atoms with E-state index in [9.17, 15) is 13.2 Å². The standard InChI is InChI=1S/C17H27N3O3S/c1-4-14(5-2)19-17(21)16-12-20(24(22,23)6-3)11-15(16)13-7-9-18-10-8-13/h7-10,14-16H,4-6,11-12H2,1-3H3,(H,19,21)/t15-,16+/m0/s1. The highest BCUT2D eigenvalue weighted by Gasteiger charge is 2.42. The summed E-state index contributed by atoms with van der Waals surface area (Å²) in [7, 11) is -3.31. The van der Waals surface area contributed by atoms with Crippen molar-refractivity contribution in [2.75, 3.05) is 18.8 Å². The third-order valence-corrected chi connectivity index (χ3v) is 6.66. The average molecular weight is 353 g/mol. The molecule has 7 heteroatoms. The Bertz CT molecular complexity index is 644. The van der Waals surface area contributed by atoms with E-state index in [-0.39, 0.29) is 36.1 Å². The van der Waals surface area contributed by atoms with Crippen LogP contribution >= 0.6 is 0 Å². The number of amides is 1. The van der Waals surface area contributed by atoms with Crippen LogP contribution in [0, 0.1) is 5.92 Å². The van der Waals surface area contributed by atoms with E-state index in [0.29, 0.717) is 6.54 Å². The molecule has 1 saturated heterocycles. The highest BCUT2D eigenvalue weighted by Crippen LogP contribution is 2.34. The first-order chi connectivity index (χ1) is 11.4. The number of nitrogens with zero attached hydrogens (tertiary/aromatic N) is 2. The molecular formula is C17H27N3O3S. The van der Waals surface area contributed by atoms with Crippen molar-refractivity contribution in [1.82, 2.24) is 14.6 Å². The van der Waals surface area contributed by atoms with Gasteiger partial charge in [0.2, 0.25) is 15.9 Å². The summed E-state index contributed by atoms with van der Waals surface area (Å²) in [6.45, 7) is 6.30. The molecule has 0 radical (unpaired) electrons. The van der Waals surface area contributed by atoms with E-state index in [1.807, 2.05) is 26.0 Å². The van der Waals surface area contributed by atoms with E-state index in [2.05, 4.69) is 10.3 Å². The Hall–Kier alpha value is -1.47. The molecule has 0 unspecified atom stereocenters. The van der Waals surface area contributed by atoms with Gasteiger partial charge in [-0.3, -0.25) is 9.78 Å². The molecule has 1 fully saturated rings. The van der Waals surface area contributed by atoms with Crippen molar-refractivity contribution in [1.29, 1.82) is 0 Å². The van der Waals surface area contributed by atoms with Gasteiger partial charge in [0.15, 0.2) is 0 Å².